The molecule has 0 radical (unpaired) electrons. The maximum Gasteiger partial charge on any atom is 0.417 e. The molecule has 1 aliphatic carbocycles. The maximum atomic E-state index is 13.3. The highest BCUT2D eigenvalue weighted by Crippen LogP contribution is 2.42. The minimum absolute atomic E-state index is 0.0479. The second kappa shape index (κ2) is 10.5. The highest BCUT2D eigenvalue weighted by Gasteiger charge is 2.54. The number of nitro groups is 1. The fraction of sp³-hybridized carbons (Fsp3) is 0.696. The fourth-order valence-corrected chi connectivity index (χ4v) is 5.12. The van der Waals surface area contributed by atoms with Crippen molar-refractivity contribution in [1.82, 2.24) is 5.32 Å². The van der Waals surface area contributed by atoms with Gasteiger partial charge in [-0.2, -0.15) is 26.3 Å². The summed E-state index contributed by atoms with van der Waals surface area (Å²) in [7, 11) is 1.42. The highest BCUT2D eigenvalue weighted by atomic mass is 19.4. The maximum absolute atomic E-state index is 13.3. The first-order chi connectivity index (χ1) is 17.1. The van der Waals surface area contributed by atoms with Gasteiger partial charge in [-0.1, -0.05) is 0 Å². The Kier molecular flexibility index (Phi) is 8.20. The van der Waals surface area contributed by atoms with E-state index >= 15 is 0 Å². The summed E-state index contributed by atoms with van der Waals surface area (Å²) in [5, 5.41) is 27.0. The lowest BCUT2D eigenvalue weighted by atomic mass is 9.78. The molecule has 1 heterocycles. The van der Waals surface area contributed by atoms with Crippen molar-refractivity contribution in [3.05, 3.63) is 27.8 Å². The Labute approximate surface area is 209 Å². The Balaban J connectivity index is 1.83. The van der Waals surface area contributed by atoms with E-state index in [4.69, 9.17) is 0 Å². The van der Waals surface area contributed by atoms with Gasteiger partial charge in [-0.25, -0.2) is 0 Å². The van der Waals surface area contributed by atoms with Crippen LogP contribution in [0.2, 0.25) is 0 Å². The number of halogens is 6. The zero-order valence-corrected chi connectivity index (χ0v) is 20.4. The number of hydrogen-bond donors (Lipinski definition) is 3. The lowest BCUT2D eigenvalue weighted by molar-refractivity contribution is -0.384. The molecule has 37 heavy (non-hydrogen) atoms. The number of nitrogens with zero attached hydrogens (tertiary/aromatic N) is 2. The van der Waals surface area contributed by atoms with Crippen molar-refractivity contribution in [3.8, 4) is 0 Å². The Morgan fingerprint density at radius 2 is 1.70 bits per heavy atom. The predicted octanol–water partition coefficient (Wildman–Crippen LogP) is 5.02. The molecule has 1 atom stereocenters. The molecule has 208 valence electrons. The third-order valence-electron chi connectivity index (χ3n) is 7.58. The number of hydrogen-bond acceptors (Lipinski definition) is 6. The van der Waals surface area contributed by atoms with Crippen LogP contribution in [0.1, 0.15) is 55.8 Å². The summed E-state index contributed by atoms with van der Waals surface area (Å²) in [6.07, 6.45) is -10.0. The highest BCUT2D eigenvalue weighted by molar-refractivity contribution is 6.02. The van der Waals surface area contributed by atoms with E-state index < -0.39 is 59.3 Å². The van der Waals surface area contributed by atoms with Gasteiger partial charge in [0.05, 0.1) is 22.1 Å². The molecular weight excluding hydrogens is 510 g/mol. The minimum atomic E-state index is -4.83. The fourth-order valence-electron chi connectivity index (χ4n) is 5.12. The van der Waals surface area contributed by atoms with Gasteiger partial charge in [-0.3, -0.25) is 14.9 Å². The second-order valence-corrected chi connectivity index (χ2v) is 9.83. The molecule has 8 nitrogen and oxygen atoms in total. The van der Waals surface area contributed by atoms with Crippen molar-refractivity contribution in [2.45, 2.75) is 69.4 Å². The van der Waals surface area contributed by atoms with Crippen molar-refractivity contribution in [1.29, 1.82) is 0 Å². The molecule has 1 saturated heterocycles. The van der Waals surface area contributed by atoms with Gasteiger partial charge >= 0.3 is 12.4 Å². The molecule has 0 unspecified atom stereocenters. The summed E-state index contributed by atoms with van der Waals surface area (Å²) >= 11 is 0. The van der Waals surface area contributed by atoms with Crippen LogP contribution in [0, 0.1) is 22.0 Å². The summed E-state index contributed by atoms with van der Waals surface area (Å²) in [5.74, 6) is -2.33. The van der Waals surface area contributed by atoms with E-state index in [1.54, 1.807) is 6.92 Å². The van der Waals surface area contributed by atoms with E-state index in [0.29, 0.717) is 0 Å². The SMILES string of the molecule is CNc1cc(N2CCC(O)(C(F)(F)F)CC2)c(C(=O)N[C@H](C)C2CCC(C(F)(F)F)CC2)cc1[N+](=O)[O-]. The van der Waals surface area contributed by atoms with Crippen molar-refractivity contribution in [3.63, 3.8) is 0 Å². The molecule has 0 spiro atoms. The Bertz CT molecular complexity index is 1000. The number of rotatable bonds is 6. The van der Waals surface area contributed by atoms with Crippen LogP contribution in [0.25, 0.3) is 0 Å². The number of carbonyl (C=O) groups excluding carboxylic acids is 1. The summed E-state index contributed by atoms with van der Waals surface area (Å²) in [6.45, 7) is 1.14. The number of amides is 1. The van der Waals surface area contributed by atoms with Gasteiger partial charge in [0.15, 0.2) is 5.60 Å². The molecular formula is C23H30F6N4O4. The summed E-state index contributed by atoms with van der Waals surface area (Å²) < 4.78 is 78.7. The molecule has 2 aliphatic rings. The number of anilines is 2. The number of nitrogens with one attached hydrogen (secondary N) is 2. The number of nitro benzene ring substituents is 1. The van der Waals surface area contributed by atoms with Gasteiger partial charge in [-0.05, 0) is 44.6 Å². The van der Waals surface area contributed by atoms with Crippen LogP contribution in [-0.4, -0.2) is 60.1 Å². The summed E-state index contributed by atoms with van der Waals surface area (Å²) in [4.78, 5) is 25.6. The standard InChI is InChI=1S/C23H30F6N4O4/c1-13(14-3-5-15(6-4-14)22(24,25)26)31-20(34)16-11-19(33(36)37)17(30-2)12-18(16)32-9-7-21(35,8-10-32)23(27,28)29/h11-15,30,35H,3-10H2,1-2H3,(H,31,34)/t13-,14?,15?/m1/s1. The van der Waals surface area contributed by atoms with Crippen molar-refractivity contribution < 1.29 is 41.2 Å². The third kappa shape index (κ3) is 6.21. The molecule has 3 N–H and O–H groups in total. The van der Waals surface area contributed by atoms with Gasteiger partial charge in [0.1, 0.15) is 5.69 Å². The number of aliphatic hydroxyl groups is 1. The van der Waals surface area contributed by atoms with Crippen LogP contribution in [-0.2, 0) is 0 Å². The molecule has 1 amide bonds. The topological polar surface area (TPSA) is 108 Å². The van der Waals surface area contributed by atoms with Gasteiger partial charge in [-0.15, -0.1) is 0 Å². The first-order valence-corrected chi connectivity index (χ1v) is 12.0. The van der Waals surface area contributed by atoms with Crippen LogP contribution >= 0.6 is 0 Å². The van der Waals surface area contributed by atoms with E-state index in [2.05, 4.69) is 10.6 Å². The zero-order valence-electron chi connectivity index (χ0n) is 20.4. The van der Waals surface area contributed by atoms with Crippen LogP contribution in [0.15, 0.2) is 12.1 Å². The van der Waals surface area contributed by atoms with Gasteiger partial charge in [0, 0.05) is 45.1 Å². The van der Waals surface area contributed by atoms with Gasteiger partial charge < -0.3 is 20.6 Å². The molecule has 0 bridgehead atoms. The van der Waals surface area contributed by atoms with Crippen molar-refractivity contribution >= 4 is 23.0 Å². The summed E-state index contributed by atoms with van der Waals surface area (Å²) in [5.41, 5.74) is -3.23. The monoisotopic (exact) mass is 540 g/mol. The molecule has 3 rings (SSSR count). The van der Waals surface area contributed by atoms with Crippen LogP contribution in [0.5, 0.6) is 0 Å². The molecule has 2 fully saturated rings. The lowest BCUT2D eigenvalue weighted by Crippen LogP contribution is -2.53. The Morgan fingerprint density at radius 3 is 2.16 bits per heavy atom. The number of alkyl halides is 6. The second-order valence-electron chi connectivity index (χ2n) is 9.83. The smallest absolute Gasteiger partial charge is 0.383 e. The van der Waals surface area contributed by atoms with E-state index in [0.717, 1.165) is 6.07 Å². The lowest BCUT2D eigenvalue weighted by Gasteiger charge is -2.40. The molecule has 1 saturated carbocycles. The van der Waals surface area contributed by atoms with Gasteiger partial charge in [0.25, 0.3) is 11.6 Å². The van der Waals surface area contributed by atoms with Gasteiger partial charge in [0.2, 0.25) is 0 Å². The number of carbonyl (C=O) groups is 1. The quantitative estimate of drug-likeness (QED) is 0.266. The Morgan fingerprint density at radius 1 is 1.14 bits per heavy atom. The van der Waals surface area contributed by atoms with Crippen LogP contribution in [0.3, 0.4) is 0 Å². The Hall–Kier alpha value is -2.77. The van der Waals surface area contributed by atoms with Crippen LogP contribution in [0.4, 0.5) is 43.4 Å². The largest absolute Gasteiger partial charge is 0.417 e. The van der Waals surface area contributed by atoms with E-state index in [1.165, 1.54) is 18.0 Å². The normalized spacial score (nSPS) is 23.3. The van der Waals surface area contributed by atoms with Crippen molar-refractivity contribution in [2.24, 2.45) is 11.8 Å². The van der Waals surface area contributed by atoms with E-state index in [1.807, 2.05) is 0 Å². The molecule has 0 aromatic heterocycles. The average Bonchev–Trinajstić information content (AvgIpc) is 2.82. The summed E-state index contributed by atoms with van der Waals surface area (Å²) in [6, 6.07) is 1.81. The molecule has 1 aliphatic heterocycles. The zero-order chi connectivity index (χ0) is 27.8. The first kappa shape index (κ1) is 28.8. The average molecular weight is 541 g/mol. The first-order valence-electron chi connectivity index (χ1n) is 12.0. The minimum Gasteiger partial charge on any atom is -0.383 e. The predicted molar refractivity (Wildman–Crippen MR) is 124 cm³/mol. The molecule has 14 heteroatoms. The van der Waals surface area contributed by atoms with E-state index in [-0.39, 0.29) is 61.6 Å². The number of benzene rings is 1. The van der Waals surface area contributed by atoms with Crippen LogP contribution < -0.4 is 15.5 Å². The number of piperidine rings is 1. The van der Waals surface area contributed by atoms with E-state index in [9.17, 15) is 46.4 Å². The molecule has 1 aromatic rings. The van der Waals surface area contributed by atoms with Crippen molar-refractivity contribution in [2.75, 3.05) is 30.4 Å². The molecule has 1 aromatic carbocycles. The third-order valence-corrected chi connectivity index (χ3v) is 7.58.